The Bertz CT molecular complexity index is 1010. The summed E-state index contributed by atoms with van der Waals surface area (Å²) in [5.74, 6) is 0.734. The highest BCUT2D eigenvalue weighted by Gasteiger charge is 2.18. The molecule has 4 rings (SSSR count). The van der Waals surface area contributed by atoms with Gasteiger partial charge in [0.25, 0.3) is 0 Å². The van der Waals surface area contributed by atoms with E-state index in [4.69, 9.17) is 28.2 Å². The normalized spacial score (nSPS) is 10.8. The largest absolute Gasteiger partial charge is 0.337 e. The van der Waals surface area contributed by atoms with Crippen LogP contribution in [0.1, 0.15) is 0 Å². The minimum atomic E-state index is 0.503. The van der Waals surface area contributed by atoms with Gasteiger partial charge < -0.3 is 4.98 Å². The molecule has 0 saturated carbocycles. The second-order valence-corrected chi connectivity index (χ2v) is 6.30. The molecule has 0 bridgehead atoms. The number of hydrogen-bond donors (Lipinski definition) is 1. The smallest absolute Gasteiger partial charge is 0.140 e. The van der Waals surface area contributed by atoms with Gasteiger partial charge in [-0.25, -0.2) is 4.98 Å². The Morgan fingerprint density at radius 3 is 2.36 bits per heavy atom. The lowest BCUT2D eigenvalue weighted by Crippen LogP contribution is -1.85. The second-order valence-electron chi connectivity index (χ2n) is 5.52. The molecule has 0 aliphatic heterocycles. The third-order valence-corrected chi connectivity index (χ3v) is 4.73. The molecule has 0 spiro atoms. The lowest BCUT2D eigenvalue weighted by molar-refractivity contribution is 1.26. The fourth-order valence-corrected chi connectivity index (χ4v) is 3.10. The molecule has 25 heavy (non-hydrogen) atoms. The third-order valence-electron chi connectivity index (χ3n) is 3.91. The van der Waals surface area contributed by atoms with E-state index in [0.717, 1.165) is 33.9 Å². The van der Waals surface area contributed by atoms with Crippen molar-refractivity contribution in [3.05, 3.63) is 83.1 Å². The van der Waals surface area contributed by atoms with E-state index < -0.39 is 0 Å². The van der Waals surface area contributed by atoms with Crippen molar-refractivity contribution in [2.24, 2.45) is 0 Å². The molecule has 2 heterocycles. The van der Waals surface area contributed by atoms with Gasteiger partial charge in [-0.15, -0.1) is 0 Å². The van der Waals surface area contributed by atoms with Gasteiger partial charge in [0.1, 0.15) is 5.82 Å². The number of imidazole rings is 1. The maximum atomic E-state index is 6.45. The number of pyridine rings is 1. The number of rotatable bonds is 3. The Balaban J connectivity index is 1.96. The van der Waals surface area contributed by atoms with Crippen LogP contribution < -0.4 is 0 Å². The molecule has 0 amide bonds. The average Bonchev–Trinajstić information content (AvgIpc) is 3.11. The highest BCUT2D eigenvalue weighted by Crippen LogP contribution is 2.38. The predicted molar refractivity (Wildman–Crippen MR) is 103 cm³/mol. The maximum Gasteiger partial charge on any atom is 0.140 e. The molecule has 0 saturated heterocycles. The van der Waals surface area contributed by atoms with Crippen molar-refractivity contribution in [1.82, 2.24) is 15.0 Å². The van der Waals surface area contributed by atoms with Crippen LogP contribution in [-0.2, 0) is 0 Å². The van der Waals surface area contributed by atoms with Crippen molar-refractivity contribution in [2.45, 2.75) is 0 Å². The van der Waals surface area contributed by atoms with Gasteiger partial charge in [0.05, 0.1) is 21.4 Å². The molecule has 0 aliphatic carbocycles. The van der Waals surface area contributed by atoms with Crippen molar-refractivity contribution < 1.29 is 0 Å². The zero-order chi connectivity index (χ0) is 17.2. The third kappa shape index (κ3) is 3.04. The Morgan fingerprint density at radius 1 is 0.800 bits per heavy atom. The number of H-pyrrole nitrogens is 1. The molecule has 0 atom stereocenters. The van der Waals surface area contributed by atoms with Crippen molar-refractivity contribution in [3.8, 4) is 33.9 Å². The molecule has 5 heteroatoms. The molecule has 0 unspecified atom stereocenters. The van der Waals surface area contributed by atoms with Crippen LogP contribution in [0.2, 0.25) is 10.0 Å². The summed E-state index contributed by atoms with van der Waals surface area (Å²) >= 11 is 12.7. The molecule has 0 radical (unpaired) electrons. The summed E-state index contributed by atoms with van der Waals surface area (Å²) in [6.45, 7) is 0. The first-order valence-corrected chi connectivity index (χ1v) is 8.50. The van der Waals surface area contributed by atoms with Crippen molar-refractivity contribution >= 4 is 23.2 Å². The minimum Gasteiger partial charge on any atom is -0.337 e. The average molecular weight is 366 g/mol. The van der Waals surface area contributed by atoms with Crippen LogP contribution in [0.3, 0.4) is 0 Å². The van der Waals surface area contributed by atoms with Crippen LogP contribution in [0, 0.1) is 0 Å². The summed E-state index contributed by atoms with van der Waals surface area (Å²) < 4.78 is 0. The number of nitrogens with zero attached hydrogens (tertiary/aromatic N) is 2. The molecule has 2 aromatic carbocycles. The van der Waals surface area contributed by atoms with Gasteiger partial charge >= 0.3 is 0 Å². The predicted octanol–water partition coefficient (Wildman–Crippen LogP) is 6.11. The number of hydrogen-bond acceptors (Lipinski definition) is 2. The Kier molecular flexibility index (Phi) is 4.26. The lowest BCUT2D eigenvalue weighted by Gasteiger charge is -2.06. The van der Waals surface area contributed by atoms with E-state index in [9.17, 15) is 0 Å². The monoisotopic (exact) mass is 365 g/mol. The van der Waals surface area contributed by atoms with Crippen LogP contribution in [-0.4, -0.2) is 15.0 Å². The van der Waals surface area contributed by atoms with E-state index >= 15 is 0 Å². The molecule has 3 nitrogen and oxygen atoms in total. The van der Waals surface area contributed by atoms with E-state index in [1.165, 1.54) is 0 Å². The van der Waals surface area contributed by atoms with Gasteiger partial charge in [0, 0.05) is 29.1 Å². The molecular weight excluding hydrogens is 353 g/mol. The van der Waals surface area contributed by atoms with Gasteiger partial charge in [-0.05, 0) is 18.2 Å². The highest BCUT2D eigenvalue weighted by molar-refractivity contribution is 6.43. The van der Waals surface area contributed by atoms with Gasteiger partial charge in [0.15, 0.2) is 0 Å². The molecule has 122 valence electrons. The molecule has 0 fully saturated rings. The summed E-state index contributed by atoms with van der Waals surface area (Å²) in [7, 11) is 0. The fourth-order valence-electron chi connectivity index (χ4n) is 2.71. The minimum absolute atomic E-state index is 0.503. The zero-order valence-electron chi connectivity index (χ0n) is 13.1. The number of aromatic nitrogens is 3. The van der Waals surface area contributed by atoms with Crippen LogP contribution in [0.15, 0.2) is 73.1 Å². The summed E-state index contributed by atoms with van der Waals surface area (Å²) in [6.07, 6.45) is 3.51. The zero-order valence-corrected chi connectivity index (χ0v) is 14.6. The van der Waals surface area contributed by atoms with E-state index in [1.54, 1.807) is 18.5 Å². The van der Waals surface area contributed by atoms with Gasteiger partial charge in [0.2, 0.25) is 0 Å². The topological polar surface area (TPSA) is 41.6 Å². The lowest BCUT2D eigenvalue weighted by atomic mass is 10.1. The quantitative estimate of drug-likeness (QED) is 0.475. The molecule has 2 aromatic heterocycles. The molecule has 1 N–H and O–H groups in total. The highest BCUT2D eigenvalue weighted by atomic mass is 35.5. The summed E-state index contributed by atoms with van der Waals surface area (Å²) in [4.78, 5) is 12.4. The standard InChI is InChI=1S/C20H13Cl2N3/c21-16-10-4-9-15(17(16)22)19-18(13-6-2-1-3-7-13)24-20(25-19)14-8-5-11-23-12-14/h1-12H,(H,24,25). The molecule has 4 aromatic rings. The van der Waals surface area contributed by atoms with Gasteiger partial charge in [-0.1, -0.05) is 65.7 Å². The Morgan fingerprint density at radius 2 is 1.60 bits per heavy atom. The number of nitrogens with one attached hydrogen (secondary N) is 1. The van der Waals surface area contributed by atoms with Crippen LogP contribution in [0.5, 0.6) is 0 Å². The number of benzene rings is 2. The van der Waals surface area contributed by atoms with Gasteiger partial charge in [-0.3, -0.25) is 4.98 Å². The van der Waals surface area contributed by atoms with E-state index in [2.05, 4.69) is 9.97 Å². The van der Waals surface area contributed by atoms with E-state index in [0.29, 0.717) is 10.0 Å². The maximum absolute atomic E-state index is 6.45. The first-order valence-electron chi connectivity index (χ1n) is 7.74. The summed E-state index contributed by atoms with van der Waals surface area (Å²) in [6, 6.07) is 19.4. The summed E-state index contributed by atoms with van der Waals surface area (Å²) in [5.41, 5.74) is 4.38. The molecular formula is C20H13Cl2N3. The van der Waals surface area contributed by atoms with Crippen LogP contribution in [0.25, 0.3) is 33.9 Å². The van der Waals surface area contributed by atoms with Gasteiger partial charge in [-0.2, -0.15) is 0 Å². The van der Waals surface area contributed by atoms with Crippen molar-refractivity contribution in [1.29, 1.82) is 0 Å². The number of aromatic amines is 1. The molecule has 0 aliphatic rings. The Hall–Kier alpha value is -2.62. The fraction of sp³-hybridized carbons (Fsp3) is 0. The van der Waals surface area contributed by atoms with Crippen molar-refractivity contribution in [3.63, 3.8) is 0 Å². The van der Waals surface area contributed by atoms with Crippen LogP contribution in [0.4, 0.5) is 0 Å². The Labute approximate surface area is 155 Å². The number of halogens is 2. The van der Waals surface area contributed by atoms with Crippen molar-refractivity contribution in [2.75, 3.05) is 0 Å². The first kappa shape index (κ1) is 15.9. The van der Waals surface area contributed by atoms with E-state index in [-0.39, 0.29) is 0 Å². The first-order chi connectivity index (χ1) is 12.2. The summed E-state index contributed by atoms with van der Waals surface area (Å²) in [5, 5.41) is 1.01. The SMILES string of the molecule is Clc1cccc(-c2[nH]c(-c3cccnc3)nc2-c2ccccc2)c1Cl. The second kappa shape index (κ2) is 6.71. The van der Waals surface area contributed by atoms with E-state index in [1.807, 2.05) is 54.6 Å². The van der Waals surface area contributed by atoms with Crippen LogP contribution >= 0.6 is 23.2 Å².